The van der Waals surface area contributed by atoms with E-state index in [1.54, 1.807) is 0 Å². The van der Waals surface area contributed by atoms with Crippen molar-refractivity contribution in [1.29, 1.82) is 0 Å². The van der Waals surface area contributed by atoms with Crippen molar-refractivity contribution in [3.8, 4) is 0 Å². The topological polar surface area (TPSA) is 28.2 Å². The molecule has 1 fully saturated rings. The molecule has 0 spiro atoms. The molecular formula is C15H27N3S. The maximum Gasteiger partial charge on any atom is 0.185 e. The van der Waals surface area contributed by atoms with E-state index in [9.17, 15) is 0 Å². The van der Waals surface area contributed by atoms with Crippen LogP contribution in [0.15, 0.2) is 0 Å². The van der Waals surface area contributed by atoms with Gasteiger partial charge in [-0.3, -0.25) is 0 Å². The van der Waals surface area contributed by atoms with Crippen molar-refractivity contribution in [2.24, 2.45) is 0 Å². The summed E-state index contributed by atoms with van der Waals surface area (Å²) >= 11 is 1.91. The maximum absolute atomic E-state index is 4.89. The standard InChI is InChI=1S/C15H27N3S/c1-3-5-9-16-12-14-13(8-4-2)17-15(19-14)18-10-6-7-11-18/h16H,3-12H2,1-2H3. The first-order valence-corrected chi connectivity index (χ1v) is 8.61. The second-order valence-electron chi connectivity index (χ2n) is 5.34. The van der Waals surface area contributed by atoms with Crippen LogP contribution in [0.25, 0.3) is 0 Å². The van der Waals surface area contributed by atoms with E-state index in [4.69, 9.17) is 4.98 Å². The minimum Gasteiger partial charge on any atom is -0.348 e. The van der Waals surface area contributed by atoms with Crippen molar-refractivity contribution in [3.63, 3.8) is 0 Å². The van der Waals surface area contributed by atoms with Gasteiger partial charge in [-0.25, -0.2) is 4.98 Å². The van der Waals surface area contributed by atoms with E-state index in [0.29, 0.717) is 0 Å². The molecule has 1 N–H and O–H groups in total. The lowest BCUT2D eigenvalue weighted by Gasteiger charge is -2.12. The minimum absolute atomic E-state index is 1.00. The third-order valence-corrected chi connectivity index (χ3v) is 4.78. The maximum atomic E-state index is 4.89. The molecule has 19 heavy (non-hydrogen) atoms. The Balaban J connectivity index is 1.97. The van der Waals surface area contributed by atoms with E-state index < -0.39 is 0 Å². The summed E-state index contributed by atoms with van der Waals surface area (Å²) in [5.74, 6) is 0. The molecule has 1 aromatic rings. The minimum atomic E-state index is 1.00. The van der Waals surface area contributed by atoms with Crippen LogP contribution in [-0.4, -0.2) is 24.6 Å². The Bertz CT molecular complexity index is 369. The molecule has 0 atom stereocenters. The number of hydrogen-bond acceptors (Lipinski definition) is 4. The van der Waals surface area contributed by atoms with Gasteiger partial charge < -0.3 is 10.2 Å². The van der Waals surface area contributed by atoms with Crippen LogP contribution in [0.1, 0.15) is 56.5 Å². The van der Waals surface area contributed by atoms with Gasteiger partial charge in [-0.15, -0.1) is 11.3 Å². The summed E-state index contributed by atoms with van der Waals surface area (Å²) in [6.07, 6.45) is 7.48. The Morgan fingerprint density at radius 2 is 2.00 bits per heavy atom. The molecule has 0 amide bonds. The van der Waals surface area contributed by atoms with Crippen molar-refractivity contribution in [2.75, 3.05) is 24.5 Å². The van der Waals surface area contributed by atoms with Crippen LogP contribution < -0.4 is 10.2 Å². The van der Waals surface area contributed by atoms with Crippen LogP contribution in [0.4, 0.5) is 5.13 Å². The van der Waals surface area contributed by atoms with Crippen molar-refractivity contribution in [3.05, 3.63) is 10.6 Å². The highest BCUT2D eigenvalue weighted by molar-refractivity contribution is 7.15. The number of unbranched alkanes of at least 4 members (excludes halogenated alkanes) is 1. The van der Waals surface area contributed by atoms with E-state index >= 15 is 0 Å². The van der Waals surface area contributed by atoms with Gasteiger partial charge >= 0.3 is 0 Å². The largest absolute Gasteiger partial charge is 0.348 e. The number of rotatable bonds is 8. The quantitative estimate of drug-likeness (QED) is 0.738. The number of aryl methyl sites for hydroxylation is 1. The molecule has 0 saturated carbocycles. The lowest BCUT2D eigenvalue weighted by molar-refractivity contribution is 0.641. The highest BCUT2D eigenvalue weighted by atomic mass is 32.1. The number of nitrogens with zero attached hydrogens (tertiary/aromatic N) is 2. The fourth-order valence-corrected chi connectivity index (χ4v) is 3.61. The Hall–Kier alpha value is -0.610. The number of anilines is 1. The molecule has 1 saturated heterocycles. The smallest absolute Gasteiger partial charge is 0.185 e. The first kappa shape index (κ1) is 14.8. The zero-order valence-electron chi connectivity index (χ0n) is 12.4. The summed E-state index contributed by atoms with van der Waals surface area (Å²) in [6, 6.07) is 0. The molecule has 1 aliphatic heterocycles. The Morgan fingerprint density at radius 3 is 2.68 bits per heavy atom. The molecule has 3 nitrogen and oxygen atoms in total. The van der Waals surface area contributed by atoms with Crippen molar-refractivity contribution in [1.82, 2.24) is 10.3 Å². The molecule has 0 aromatic carbocycles. The average Bonchev–Trinajstić information content (AvgIpc) is 3.04. The zero-order valence-corrected chi connectivity index (χ0v) is 13.2. The van der Waals surface area contributed by atoms with Gasteiger partial charge in [-0.1, -0.05) is 26.7 Å². The molecule has 1 aliphatic rings. The summed E-state index contributed by atoms with van der Waals surface area (Å²) in [6.45, 7) is 8.99. The van der Waals surface area contributed by atoms with Gasteiger partial charge in [0.2, 0.25) is 0 Å². The summed E-state index contributed by atoms with van der Waals surface area (Å²) < 4.78 is 0. The van der Waals surface area contributed by atoms with Gasteiger partial charge in [-0.2, -0.15) is 0 Å². The first-order chi connectivity index (χ1) is 9.35. The molecular weight excluding hydrogens is 254 g/mol. The number of thiazole rings is 1. The molecule has 108 valence electrons. The molecule has 0 aliphatic carbocycles. The normalized spacial score (nSPS) is 15.4. The number of hydrogen-bond donors (Lipinski definition) is 1. The second-order valence-corrected chi connectivity index (χ2v) is 6.40. The molecule has 2 heterocycles. The van der Waals surface area contributed by atoms with Gasteiger partial charge in [0.05, 0.1) is 5.69 Å². The highest BCUT2D eigenvalue weighted by Gasteiger charge is 2.18. The lowest BCUT2D eigenvalue weighted by atomic mass is 10.2. The van der Waals surface area contributed by atoms with E-state index in [1.165, 1.54) is 60.9 Å². The van der Waals surface area contributed by atoms with Crippen LogP contribution in [-0.2, 0) is 13.0 Å². The van der Waals surface area contributed by atoms with E-state index in [1.807, 2.05) is 11.3 Å². The molecule has 4 heteroatoms. The molecule has 1 aromatic heterocycles. The van der Waals surface area contributed by atoms with E-state index in [2.05, 4.69) is 24.1 Å². The van der Waals surface area contributed by atoms with Gasteiger partial charge in [0.15, 0.2) is 5.13 Å². The molecule has 0 bridgehead atoms. The summed E-state index contributed by atoms with van der Waals surface area (Å²) in [4.78, 5) is 8.80. The van der Waals surface area contributed by atoms with Crippen LogP contribution in [0.5, 0.6) is 0 Å². The lowest BCUT2D eigenvalue weighted by Crippen LogP contribution is -2.17. The van der Waals surface area contributed by atoms with E-state index in [-0.39, 0.29) is 0 Å². The Labute approximate surface area is 121 Å². The molecule has 0 unspecified atom stereocenters. The average molecular weight is 281 g/mol. The van der Waals surface area contributed by atoms with Crippen LogP contribution in [0.2, 0.25) is 0 Å². The van der Waals surface area contributed by atoms with Gasteiger partial charge in [0.1, 0.15) is 0 Å². The second kappa shape index (κ2) is 7.85. The van der Waals surface area contributed by atoms with Crippen molar-refractivity contribution >= 4 is 16.5 Å². The third kappa shape index (κ3) is 4.18. The van der Waals surface area contributed by atoms with Gasteiger partial charge in [-0.05, 0) is 32.2 Å². The SMILES string of the molecule is CCCCNCc1sc(N2CCCC2)nc1CCC. The van der Waals surface area contributed by atoms with Gasteiger partial charge in [0.25, 0.3) is 0 Å². The number of aromatic nitrogens is 1. The summed E-state index contributed by atoms with van der Waals surface area (Å²) in [5.41, 5.74) is 1.33. The van der Waals surface area contributed by atoms with E-state index in [0.717, 1.165) is 19.5 Å². The fourth-order valence-electron chi connectivity index (χ4n) is 2.49. The molecule has 0 radical (unpaired) electrons. The van der Waals surface area contributed by atoms with Crippen molar-refractivity contribution in [2.45, 2.75) is 58.9 Å². The monoisotopic (exact) mass is 281 g/mol. The Kier molecular flexibility index (Phi) is 6.11. The van der Waals surface area contributed by atoms with Crippen LogP contribution >= 0.6 is 11.3 Å². The Morgan fingerprint density at radius 1 is 1.21 bits per heavy atom. The first-order valence-electron chi connectivity index (χ1n) is 7.79. The third-order valence-electron chi connectivity index (χ3n) is 3.62. The summed E-state index contributed by atoms with van der Waals surface area (Å²) in [5, 5.41) is 4.81. The zero-order chi connectivity index (χ0) is 13.5. The molecule has 2 rings (SSSR count). The van der Waals surface area contributed by atoms with Crippen molar-refractivity contribution < 1.29 is 0 Å². The van der Waals surface area contributed by atoms with Gasteiger partial charge in [0, 0.05) is 24.5 Å². The highest BCUT2D eigenvalue weighted by Crippen LogP contribution is 2.29. The predicted octanol–water partition coefficient (Wildman–Crippen LogP) is 3.59. The summed E-state index contributed by atoms with van der Waals surface area (Å²) in [7, 11) is 0. The van der Waals surface area contributed by atoms with Crippen LogP contribution in [0, 0.1) is 0 Å². The fraction of sp³-hybridized carbons (Fsp3) is 0.800. The number of nitrogens with one attached hydrogen (secondary N) is 1. The predicted molar refractivity (Wildman–Crippen MR) is 84.2 cm³/mol. The van der Waals surface area contributed by atoms with Crippen LogP contribution in [0.3, 0.4) is 0 Å².